The van der Waals surface area contributed by atoms with Gasteiger partial charge in [-0.3, -0.25) is 0 Å². The van der Waals surface area contributed by atoms with Gasteiger partial charge in [-0.25, -0.2) is 4.39 Å². The third-order valence-corrected chi connectivity index (χ3v) is 3.12. The molecule has 1 aromatic carbocycles. The Balaban J connectivity index is 2.03. The third-order valence-electron chi connectivity index (χ3n) is 3.12. The van der Waals surface area contributed by atoms with Crippen molar-refractivity contribution in [3.63, 3.8) is 0 Å². The number of hydrogen-bond donors (Lipinski definition) is 2. The van der Waals surface area contributed by atoms with Crippen LogP contribution in [-0.4, -0.2) is 32.5 Å². The average molecular weight is 240 g/mol. The standard InChI is InChI=1S/C12H17FN2O2/c1-16-12(4-5-17-8-12)7-15-11-6-9(13)2-3-10(11)14/h2-3,6,15H,4-5,7-8,14H2,1H3. The molecule has 1 aliphatic rings. The van der Waals surface area contributed by atoms with Crippen molar-refractivity contribution in [1.82, 2.24) is 0 Å². The van der Waals surface area contributed by atoms with E-state index < -0.39 is 0 Å². The molecule has 4 nitrogen and oxygen atoms in total. The lowest BCUT2D eigenvalue weighted by molar-refractivity contribution is -0.00619. The van der Waals surface area contributed by atoms with Gasteiger partial charge >= 0.3 is 0 Å². The highest BCUT2D eigenvalue weighted by Gasteiger charge is 2.34. The summed E-state index contributed by atoms with van der Waals surface area (Å²) in [6.07, 6.45) is 0.825. The lowest BCUT2D eigenvalue weighted by atomic mass is 10.0. The maximum absolute atomic E-state index is 13.1. The maximum Gasteiger partial charge on any atom is 0.125 e. The maximum atomic E-state index is 13.1. The third kappa shape index (κ3) is 2.68. The highest BCUT2D eigenvalue weighted by molar-refractivity contribution is 5.65. The van der Waals surface area contributed by atoms with E-state index in [0.717, 1.165) is 6.42 Å². The summed E-state index contributed by atoms with van der Waals surface area (Å²) in [5.74, 6) is -0.309. The van der Waals surface area contributed by atoms with Crippen LogP contribution in [0.5, 0.6) is 0 Å². The molecule has 0 aliphatic carbocycles. The summed E-state index contributed by atoms with van der Waals surface area (Å²) in [7, 11) is 1.66. The Morgan fingerprint density at radius 2 is 2.41 bits per heavy atom. The zero-order valence-electron chi connectivity index (χ0n) is 9.83. The second kappa shape index (κ2) is 4.89. The molecule has 0 amide bonds. The molecule has 3 N–H and O–H groups in total. The molecule has 1 unspecified atom stereocenters. The quantitative estimate of drug-likeness (QED) is 0.785. The van der Waals surface area contributed by atoms with Crippen LogP contribution in [0.4, 0.5) is 15.8 Å². The second-order valence-electron chi connectivity index (χ2n) is 4.27. The van der Waals surface area contributed by atoms with Gasteiger partial charge in [-0.2, -0.15) is 0 Å². The molecule has 0 bridgehead atoms. The number of benzene rings is 1. The van der Waals surface area contributed by atoms with Gasteiger partial charge in [0.15, 0.2) is 0 Å². The summed E-state index contributed by atoms with van der Waals surface area (Å²) in [5, 5.41) is 3.12. The van der Waals surface area contributed by atoms with Crippen LogP contribution in [-0.2, 0) is 9.47 Å². The van der Waals surface area contributed by atoms with Crippen LogP contribution in [0.1, 0.15) is 6.42 Å². The number of nitrogens with one attached hydrogen (secondary N) is 1. The molecule has 0 saturated carbocycles. The van der Waals surface area contributed by atoms with Crippen molar-refractivity contribution in [2.75, 3.05) is 37.9 Å². The van der Waals surface area contributed by atoms with Gasteiger partial charge in [0.2, 0.25) is 0 Å². The van der Waals surface area contributed by atoms with Gasteiger partial charge in [0, 0.05) is 26.7 Å². The van der Waals surface area contributed by atoms with Crippen LogP contribution in [0, 0.1) is 5.82 Å². The Bertz CT molecular complexity index is 392. The zero-order chi connectivity index (χ0) is 12.3. The smallest absolute Gasteiger partial charge is 0.125 e. The van der Waals surface area contributed by atoms with Crippen molar-refractivity contribution in [3.05, 3.63) is 24.0 Å². The molecule has 2 rings (SSSR count). The summed E-state index contributed by atoms with van der Waals surface area (Å²) in [5.41, 5.74) is 6.54. The Labute approximate surface area is 99.9 Å². The Kier molecular flexibility index (Phi) is 3.49. The number of nitrogen functional groups attached to an aromatic ring is 1. The fourth-order valence-corrected chi connectivity index (χ4v) is 1.90. The van der Waals surface area contributed by atoms with E-state index >= 15 is 0 Å². The van der Waals surface area contributed by atoms with Crippen molar-refractivity contribution in [2.24, 2.45) is 0 Å². The van der Waals surface area contributed by atoms with Gasteiger partial charge in [0.05, 0.1) is 18.0 Å². The van der Waals surface area contributed by atoms with Crippen LogP contribution in [0.15, 0.2) is 18.2 Å². The Morgan fingerprint density at radius 3 is 3.06 bits per heavy atom. The zero-order valence-corrected chi connectivity index (χ0v) is 9.83. The molecule has 1 atom stereocenters. The summed E-state index contributed by atoms with van der Waals surface area (Å²) in [6.45, 7) is 1.79. The van der Waals surface area contributed by atoms with E-state index in [1.807, 2.05) is 0 Å². The number of ether oxygens (including phenoxy) is 2. The summed E-state index contributed by atoms with van der Waals surface area (Å²) < 4.78 is 23.9. The molecular formula is C12H17FN2O2. The molecule has 1 aliphatic heterocycles. The summed E-state index contributed by atoms with van der Waals surface area (Å²) in [4.78, 5) is 0. The van der Waals surface area contributed by atoms with Crippen molar-refractivity contribution >= 4 is 11.4 Å². The minimum atomic E-state index is -0.335. The molecule has 1 saturated heterocycles. The van der Waals surface area contributed by atoms with Crippen molar-refractivity contribution in [2.45, 2.75) is 12.0 Å². The first-order chi connectivity index (χ1) is 8.15. The first kappa shape index (κ1) is 12.1. The highest BCUT2D eigenvalue weighted by atomic mass is 19.1. The second-order valence-corrected chi connectivity index (χ2v) is 4.27. The lowest BCUT2D eigenvalue weighted by Crippen LogP contribution is -2.39. The predicted molar refractivity (Wildman–Crippen MR) is 64.5 cm³/mol. The SMILES string of the molecule is COC1(CNc2cc(F)ccc2N)CCOC1. The summed E-state index contributed by atoms with van der Waals surface area (Å²) in [6, 6.07) is 4.27. The van der Waals surface area contributed by atoms with Crippen molar-refractivity contribution in [3.8, 4) is 0 Å². The van der Waals surface area contributed by atoms with Gasteiger partial charge in [0.25, 0.3) is 0 Å². The largest absolute Gasteiger partial charge is 0.397 e. The molecule has 5 heteroatoms. The molecule has 0 spiro atoms. The van der Waals surface area contributed by atoms with Crippen molar-refractivity contribution < 1.29 is 13.9 Å². The molecule has 94 valence electrons. The number of anilines is 2. The van der Waals surface area contributed by atoms with Crippen molar-refractivity contribution in [1.29, 1.82) is 0 Å². The van der Waals surface area contributed by atoms with Crippen LogP contribution in [0.2, 0.25) is 0 Å². The monoisotopic (exact) mass is 240 g/mol. The molecule has 1 fully saturated rings. The van der Waals surface area contributed by atoms with Gasteiger partial charge in [-0.1, -0.05) is 0 Å². The molecular weight excluding hydrogens is 223 g/mol. The first-order valence-electron chi connectivity index (χ1n) is 5.57. The van der Waals surface area contributed by atoms with E-state index in [9.17, 15) is 4.39 Å². The predicted octanol–water partition coefficient (Wildman–Crippen LogP) is 1.63. The minimum absolute atomic E-state index is 0.309. The van der Waals surface area contributed by atoms with Gasteiger partial charge in [-0.15, -0.1) is 0 Å². The Morgan fingerprint density at radius 1 is 1.59 bits per heavy atom. The first-order valence-corrected chi connectivity index (χ1v) is 5.57. The molecule has 0 aromatic heterocycles. The van der Waals surface area contributed by atoms with Gasteiger partial charge in [-0.05, 0) is 18.2 Å². The topological polar surface area (TPSA) is 56.5 Å². The van der Waals surface area contributed by atoms with E-state index in [1.165, 1.54) is 12.1 Å². The number of nitrogens with two attached hydrogens (primary N) is 1. The van der Waals surface area contributed by atoms with E-state index in [4.69, 9.17) is 15.2 Å². The summed E-state index contributed by atoms with van der Waals surface area (Å²) >= 11 is 0. The number of halogens is 1. The van der Waals surface area contributed by atoms with Gasteiger partial charge in [0.1, 0.15) is 11.4 Å². The molecule has 1 aromatic rings. The van der Waals surface area contributed by atoms with E-state index in [1.54, 1.807) is 13.2 Å². The van der Waals surface area contributed by atoms with Crippen LogP contribution in [0.3, 0.4) is 0 Å². The molecule has 1 heterocycles. The van der Waals surface area contributed by atoms with Crippen LogP contribution >= 0.6 is 0 Å². The van der Waals surface area contributed by atoms with Crippen LogP contribution in [0.25, 0.3) is 0 Å². The van der Waals surface area contributed by atoms with E-state index in [0.29, 0.717) is 31.1 Å². The number of rotatable bonds is 4. The number of methoxy groups -OCH3 is 1. The fourth-order valence-electron chi connectivity index (χ4n) is 1.90. The van der Waals surface area contributed by atoms with E-state index in [2.05, 4.69) is 5.32 Å². The molecule has 0 radical (unpaired) electrons. The highest BCUT2D eigenvalue weighted by Crippen LogP contribution is 2.25. The minimum Gasteiger partial charge on any atom is -0.397 e. The lowest BCUT2D eigenvalue weighted by Gasteiger charge is -2.26. The number of hydrogen-bond acceptors (Lipinski definition) is 4. The normalized spacial score (nSPS) is 23.9. The van der Waals surface area contributed by atoms with Crippen LogP contribution < -0.4 is 11.1 Å². The molecule has 17 heavy (non-hydrogen) atoms. The van der Waals surface area contributed by atoms with E-state index in [-0.39, 0.29) is 11.4 Å². The van der Waals surface area contributed by atoms with Gasteiger partial charge < -0.3 is 20.5 Å². The Hall–Kier alpha value is -1.33. The fraction of sp³-hybridized carbons (Fsp3) is 0.500. The average Bonchev–Trinajstić information content (AvgIpc) is 2.80.